The van der Waals surface area contributed by atoms with Crippen molar-refractivity contribution in [2.75, 3.05) is 38.0 Å². The third kappa shape index (κ3) is 5.38. The summed E-state index contributed by atoms with van der Waals surface area (Å²) in [6.45, 7) is 4.94. The summed E-state index contributed by atoms with van der Waals surface area (Å²) < 4.78 is 0. The number of carbonyl (C=O) groups excluding carboxylic acids is 2. The first-order valence-electron chi connectivity index (χ1n) is 10.9. The number of rotatable bonds is 7. The average Bonchev–Trinajstić information content (AvgIpc) is 3.29. The van der Waals surface area contributed by atoms with Crippen LogP contribution in [0.2, 0.25) is 0 Å². The third-order valence-electron chi connectivity index (χ3n) is 5.65. The SMILES string of the molecule is CCC(C(=O)N1CCN(CC(=O)Nc2nnc(-c3ccccc3)s2)CC1)c1ccccc1. The van der Waals surface area contributed by atoms with Crippen LogP contribution in [0.5, 0.6) is 0 Å². The highest BCUT2D eigenvalue weighted by molar-refractivity contribution is 7.18. The Morgan fingerprint density at radius 2 is 1.62 bits per heavy atom. The van der Waals surface area contributed by atoms with Crippen molar-refractivity contribution in [3.63, 3.8) is 0 Å². The number of benzene rings is 2. The maximum atomic E-state index is 13.0. The predicted octanol–water partition coefficient (Wildman–Crippen LogP) is 3.48. The molecule has 0 aliphatic carbocycles. The van der Waals surface area contributed by atoms with Crippen LogP contribution in [0.25, 0.3) is 10.6 Å². The van der Waals surface area contributed by atoms with Crippen molar-refractivity contribution in [3.05, 3.63) is 66.2 Å². The van der Waals surface area contributed by atoms with Crippen molar-refractivity contribution in [3.8, 4) is 10.6 Å². The first-order valence-corrected chi connectivity index (χ1v) is 11.7. The lowest BCUT2D eigenvalue weighted by atomic mass is 9.95. The summed E-state index contributed by atoms with van der Waals surface area (Å²) in [6.07, 6.45) is 0.776. The number of nitrogens with zero attached hydrogens (tertiary/aromatic N) is 4. The second-order valence-corrected chi connectivity index (χ2v) is 8.78. The standard InChI is InChI=1S/C24H27N5O2S/c1-2-20(18-9-5-3-6-10-18)23(31)29-15-13-28(14-16-29)17-21(30)25-24-27-26-22(32-24)19-11-7-4-8-12-19/h3-12,20H,2,13-17H2,1H3,(H,25,27,30). The average molecular weight is 450 g/mol. The third-order valence-corrected chi connectivity index (χ3v) is 6.54. The molecule has 1 fully saturated rings. The van der Waals surface area contributed by atoms with E-state index in [1.54, 1.807) is 0 Å². The first kappa shape index (κ1) is 22.1. The molecule has 7 nitrogen and oxygen atoms in total. The summed E-state index contributed by atoms with van der Waals surface area (Å²) in [6, 6.07) is 19.7. The Hall–Kier alpha value is -3.10. The molecule has 2 aromatic carbocycles. The van der Waals surface area contributed by atoms with E-state index in [1.807, 2.05) is 72.5 Å². The van der Waals surface area contributed by atoms with Gasteiger partial charge in [-0.1, -0.05) is 78.9 Å². The minimum atomic E-state index is -0.115. The molecule has 8 heteroatoms. The van der Waals surface area contributed by atoms with Crippen molar-refractivity contribution in [2.24, 2.45) is 0 Å². The molecule has 0 saturated carbocycles. The highest BCUT2D eigenvalue weighted by atomic mass is 32.1. The van der Waals surface area contributed by atoms with Gasteiger partial charge in [0.2, 0.25) is 16.9 Å². The van der Waals surface area contributed by atoms with E-state index < -0.39 is 0 Å². The molecule has 1 aliphatic rings. The summed E-state index contributed by atoms with van der Waals surface area (Å²) in [4.78, 5) is 29.5. The van der Waals surface area contributed by atoms with Crippen molar-refractivity contribution in [1.82, 2.24) is 20.0 Å². The fourth-order valence-electron chi connectivity index (χ4n) is 3.92. The molecule has 4 rings (SSSR count). The van der Waals surface area contributed by atoms with Gasteiger partial charge in [0.15, 0.2) is 0 Å². The molecular formula is C24H27N5O2S. The van der Waals surface area contributed by atoms with E-state index in [-0.39, 0.29) is 24.3 Å². The van der Waals surface area contributed by atoms with Crippen LogP contribution < -0.4 is 5.32 Å². The zero-order chi connectivity index (χ0) is 22.3. The normalized spacial score (nSPS) is 15.3. The highest BCUT2D eigenvalue weighted by Gasteiger charge is 2.28. The second kappa shape index (κ2) is 10.5. The molecular weight excluding hydrogens is 422 g/mol. The van der Waals surface area contributed by atoms with E-state index in [4.69, 9.17) is 0 Å². The number of aromatic nitrogens is 2. The molecule has 1 atom stereocenters. The molecule has 3 aromatic rings. The predicted molar refractivity (Wildman–Crippen MR) is 126 cm³/mol. The van der Waals surface area contributed by atoms with Gasteiger partial charge in [0, 0.05) is 31.7 Å². The fraction of sp³-hybridized carbons (Fsp3) is 0.333. The fourth-order valence-corrected chi connectivity index (χ4v) is 4.68. The van der Waals surface area contributed by atoms with Gasteiger partial charge in [-0.15, -0.1) is 10.2 Å². The zero-order valence-corrected chi connectivity index (χ0v) is 18.9. The number of hydrogen-bond acceptors (Lipinski definition) is 6. The second-order valence-electron chi connectivity index (χ2n) is 7.80. The lowest BCUT2D eigenvalue weighted by molar-refractivity contribution is -0.134. The minimum Gasteiger partial charge on any atom is -0.340 e. The van der Waals surface area contributed by atoms with Gasteiger partial charge in [-0.05, 0) is 12.0 Å². The molecule has 1 N–H and O–H groups in total. The molecule has 0 bridgehead atoms. The summed E-state index contributed by atoms with van der Waals surface area (Å²) in [5.41, 5.74) is 2.04. The molecule has 2 amide bonds. The largest absolute Gasteiger partial charge is 0.340 e. The van der Waals surface area contributed by atoms with E-state index in [0.29, 0.717) is 31.3 Å². The Kier molecular flexibility index (Phi) is 7.24. The van der Waals surface area contributed by atoms with Crippen molar-refractivity contribution >= 4 is 28.3 Å². The Morgan fingerprint density at radius 1 is 0.969 bits per heavy atom. The Morgan fingerprint density at radius 3 is 2.28 bits per heavy atom. The van der Waals surface area contributed by atoms with Gasteiger partial charge < -0.3 is 4.90 Å². The minimum absolute atomic E-state index is 0.109. The molecule has 1 unspecified atom stereocenters. The first-order chi connectivity index (χ1) is 15.6. The molecule has 0 radical (unpaired) electrons. The topological polar surface area (TPSA) is 78.4 Å². The lowest BCUT2D eigenvalue weighted by Crippen LogP contribution is -2.51. The number of anilines is 1. The lowest BCUT2D eigenvalue weighted by Gasteiger charge is -2.36. The van der Waals surface area contributed by atoms with Crippen molar-refractivity contribution in [1.29, 1.82) is 0 Å². The van der Waals surface area contributed by atoms with Gasteiger partial charge in [-0.2, -0.15) is 0 Å². The molecule has 2 heterocycles. The molecule has 32 heavy (non-hydrogen) atoms. The van der Waals surface area contributed by atoms with Crippen LogP contribution in [0.4, 0.5) is 5.13 Å². The Labute approximate surface area is 192 Å². The van der Waals surface area contributed by atoms with Gasteiger partial charge in [0.05, 0.1) is 12.5 Å². The smallest absolute Gasteiger partial charge is 0.240 e. The van der Waals surface area contributed by atoms with Crippen LogP contribution in [-0.4, -0.2) is 64.5 Å². The van der Waals surface area contributed by atoms with Gasteiger partial charge in [-0.25, -0.2) is 0 Å². The molecule has 166 valence electrons. The Balaban J connectivity index is 1.26. The number of carbonyl (C=O) groups is 2. The van der Waals surface area contributed by atoms with E-state index in [2.05, 4.69) is 20.4 Å². The number of piperazine rings is 1. The van der Waals surface area contributed by atoms with Gasteiger partial charge in [0.25, 0.3) is 0 Å². The molecule has 1 aromatic heterocycles. The van der Waals surface area contributed by atoms with E-state index in [9.17, 15) is 9.59 Å². The maximum absolute atomic E-state index is 13.0. The quantitative estimate of drug-likeness (QED) is 0.598. The van der Waals surface area contributed by atoms with Crippen molar-refractivity contribution < 1.29 is 9.59 Å². The van der Waals surface area contributed by atoms with Crippen LogP contribution in [0.3, 0.4) is 0 Å². The molecule has 1 saturated heterocycles. The monoisotopic (exact) mass is 449 g/mol. The van der Waals surface area contributed by atoms with Crippen LogP contribution in [0.15, 0.2) is 60.7 Å². The highest BCUT2D eigenvalue weighted by Crippen LogP contribution is 2.26. The number of nitrogens with one attached hydrogen (secondary N) is 1. The van der Waals surface area contributed by atoms with Crippen molar-refractivity contribution in [2.45, 2.75) is 19.3 Å². The Bertz CT molecular complexity index is 1030. The summed E-state index contributed by atoms with van der Waals surface area (Å²) in [5, 5.41) is 12.4. The van der Waals surface area contributed by atoms with Gasteiger partial charge >= 0.3 is 0 Å². The number of hydrogen-bond donors (Lipinski definition) is 1. The number of amides is 2. The molecule has 0 spiro atoms. The van der Waals surface area contributed by atoms with Gasteiger partial charge in [0.1, 0.15) is 5.01 Å². The van der Waals surface area contributed by atoms with E-state index >= 15 is 0 Å². The van der Waals surface area contributed by atoms with E-state index in [0.717, 1.165) is 22.6 Å². The molecule has 1 aliphatic heterocycles. The maximum Gasteiger partial charge on any atom is 0.240 e. The zero-order valence-electron chi connectivity index (χ0n) is 18.1. The van der Waals surface area contributed by atoms with Crippen LogP contribution in [-0.2, 0) is 9.59 Å². The van der Waals surface area contributed by atoms with Crippen LogP contribution in [0.1, 0.15) is 24.8 Å². The van der Waals surface area contributed by atoms with E-state index in [1.165, 1.54) is 11.3 Å². The van der Waals surface area contributed by atoms with Gasteiger partial charge in [-0.3, -0.25) is 19.8 Å². The van der Waals surface area contributed by atoms with Crippen LogP contribution in [0, 0.1) is 0 Å². The summed E-state index contributed by atoms with van der Waals surface area (Å²) in [7, 11) is 0. The summed E-state index contributed by atoms with van der Waals surface area (Å²) >= 11 is 1.36. The summed E-state index contributed by atoms with van der Waals surface area (Å²) in [5.74, 6) is -0.0522. The van der Waals surface area contributed by atoms with Crippen LogP contribution >= 0.6 is 11.3 Å².